The van der Waals surface area contributed by atoms with Gasteiger partial charge in [0.1, 0.15) is 0 Å². The molecule has 1 aromatic rings. The molecule has 1 heterocycles. The summed E-state index contributed by atoms with van der Waals surface area (Å²) >= 11 is 0. The van der Waals surface area contributed by atoms with Crippen LogP contribution in [-0.2, 0) is 9.59 Å². The molecular formula is C23H33NO3. The number of ketones is 1. The number of nitrogens with zero attached hydrogens (tertiary/aromatic N) is 1. The highest BCUT2D eigenvalue weighted by atomic mass is 16.3. The summed E-state index contributed by atoms with van der Waals surface area (Å²) in [6.07, 6.45) is 2.90. The normalized spacial score (nSPS) is 18.0. The van der Waals surface area contributed by atoms with Gasteiger partial charge in [-0.15, -0.1) is 0 Å². The fourth-order valence-electron chi connectivity index (χ4n) is 3.46. The summed E-state index contributed by atoms with van der Waals surface area (Å²) in [4.78, 5) is 27.5. The van der Waals surface area contributed by atoms with Crippen LogP contribution >= 0.6 is 0 Å². The minimum absolute atomic E-state index is 0.177. The van der Waals surface area contributed by atoms with Gasteiger partial charge in [-0.2, -0.15) is 0 Å². The molecule has 0 bridgehead atoms. The average Bonchev–Trinajstić information content (AvgIpc) is 2.85. The number of unbranched alkanes of at least 4 members (excludes halogenated alkanes) is 2. The second-order valence-electron chi connectivity index (χ2n) is 8.77. The van der Waals surface area contributed by atoms with Crippen LogP contribution in [0.4, 0.5) is 0 Å². The highest BCUT2D eigenvalue weighted by molar-refractivity contribution is 6.10. The predicted molar refractivity (Wildman–Crippen MR) is 109 cm³/mol. The van der Waals surface area contributed by atoms with Crippen LogP contribution in [0.3, 0.4) is 0 Å². The molecule has 2 rings (SSSR count). The van der Waals surface area contributed by atoms with Crippen molar-refractivity contribution in [2.75, 3.05) is 6.54 Å². The predicted octanol–water partition coefficient (Wildman–Crippen LogP) is 5.31. The number of hydrogen-bond acceptors (Lipinski definition) is 3. The Morgan fingerprint density at radius 2 is 1.74 bits per heavy atom. The van der Waals surface area contributed by atoms with Gasteiger partial charge in [-0.05, 0) is 23.5 Å². The van der Waals surface area contributed by atoms with Crippen molar-refractivity contribution < 1.29 is 14.7 Å². The van der Waals surface area contributed by atoms with Crippen molar-refractivity contribution >= 4 is 11.7 Å². The van der Waals surface area contributed by atoms with Crippen LogP contribution in [0.5, 0.6) is 0 Å². The first kappa shape index (κ1) is 21.2. The highest BCUT2D eigenvalue weighted by Crippen LogP contribution is 2.41. The molecule has 4 heteroatoms. The van der Waals surface area contributed by atoms with Gasteiger partial charge in [0.25, 0.3) is 5.91 Å². The van der Waals surface area contributed by atoms with Crippen LogP contribution < -0.4 is 0 Å². The number of carbonyl (C=O) groups is 2. The lowest BCUT2D eigenvalue weighted by Crippen LogP contribution is -2.33. The third kappa shape index (κ3) is 4.42. The Balaban J connectivity index is 2.48. The minimum Gasteiger partial charge on any atom is -0.503 e. The number of amides is 1. The Hall–Kier alpha value is -2.10. The van der Waals surface area contributed by atoms with Crippen molar-refractivity contribution in [3.05, 3.63) is 46.7 Å². The third-order valence-electron chi connectivity index (χ3n) is 5.15. The van der Waals surface area contributed by atoms with Crippen LogP contribution in [0.1, 0.15) is 83.9 Å². The van der Waals surface area contributed by atoms with E-state index in [1.165, 1.54) is 5.56 Å². The maximum Gasteiger partial charge on any atom is 0.290 e. The van der Waals surface area contributed by atoms with Gasteiger partial charge in [-0.3, -0.25) is 9.59 Å². The molecule has 1 aromatic carbocycles. The topological polar surface area (TPSA) is 57.6 Å². The molecule has 4 nitrogen and oxygen atoms in total. The molecule has 0 fully saturated rings. The molecule has 0 aromatic heterocycles. The number of aliphatic hydroxyl groups excluding tert-OH is 1. The van der Waals surface area contributed by atoms with E-state index in [9.17, 15) is 14.7 Å². The van der Waals surface area contributed by atoms with Gasteiger partial charge >= 0.3 is 0 Å². The Morgan fingerprint density at radius 1 is 1.15 bits per heavy atom. The molecule has 27 heavy (non-hydrogen) atoms. The highest BCUT2D eigenvalue weighted by Gasteiger charge is 2.45. The first-order valence-corrected chi connectivity index (χ1v) is 9.98. The SMILES string of the molecule is CCCCCN1C(=O)C(O)=C(C(=O)C(C)(C)C)C1c1ccc(C(C)C)cc1. The fourth-order valence-corrected chi connectivity index (χ4v) is 3.46. The number of rotatable bonds is 7. The molecule has 0 aliphatic carbocycles. The fraction of sp³-hybridized carbons (Fsp3) is 0.565. The lowest BCUT2D eigenvalue weighted by molar-refractivity contribution is -0.129. The maximum atomic E-state index is 13.1. The standard InChI is InChI=1S/C23H33NO3/c1-7-8-9-14-24-19(17-12-10-16(11-13-17)15(2)3)18(20(25)22(24)27)21(26)23(4,5)6/h10-13,15,19,25H,7-9,14H2,1-6H3. The van der Waals surface area contributed by atoms with E-state index >= 15 is 0 Å². The van der Waals surface area contributed by atoms with E-state index in [1.807, 2.05) is 45.0 Å². The van der Waals surface area contributed by atoms with Crippen LogP contribution in [0.2, 0.25) is 0 Å². The molecule has 148 valence electrons. The summed E-state index contributed by atoms with van der Waals surface area (Å²) in [7, 11) is 0. The number of hydrogen-bond donors (Lipinski definition) is 1. The Labute approximate surface area is 163 Å². The van der Waals surface area contributed by atoms with Crippen molar-refractivity contribution in [1.82, 2.24) is 4.90 Å². The second kappa shape index (κ2) is 8.28. The Kier molecular flexibility index (Phi) is 6.50. The summed E-state index contributed by atoms with van der Waals surface area (Å²) in [5.74, 6) is -0.588. The smallest absolute Gasteiger partial charge is 0.290 e. The lowest BCUT2D eigenvalue weighted by Gasteiger charge is -2.29. The van der Waals surface area contributed by atoms with E-state index in [4.69, 9.17) is 0 Å². The van der Waals surface area contributed by atoms with Crippen LogP contribution in [0.15, 0.2) is 35.6 Å². The number of aliphatic hydroxyl groups is 1. The Bertz CT molecular complexity index is 723. The summed E-state index contributed by atoms with van der Waals surface area (Å²) in [6.45, 7) is 12.4. The van der Waals surface area contributed by atoms with E-state index in [0.29, 0.717) is 12.5 Å². The second-order valence-corrected chi connectivity index (χ2v) is 8.77. The van der Waals surface area contributed by atoms with E-state index in [-0.39, 0.29) is 17.1 Å². The first-order valence-electron chi connectivity index (χ1n) is 9.98. The van der Waals surface area contributed by atoms with Gasteiger partial charge in [0.2, 0.25) is 0 Å². The zero-order chi connectivity index (χ0) is 20.4. The Morgan fingerprint density at radius 3 is 2.22 bits per heavy atom. The summed E-state index contributed by atoms with van der Waals surface area (Å²) in [6, 6.07) is 7.54. The molecule has 1 aliphatic heterocycles. The maximum absolute atomic E-state index is 13.1. The van der Waals surface area contributed by atoms with Crippen LogP contribution in [0.25, 0.3) is 0 Å². The minimum atomic E-state index is -0.668. The molecule has 1 N–H and O–H groups in total. The van der Waals surface area contributed by atoms with Crippen LogP contribution in [-0.4, -0.2) is 28.2 Å². The molecule has 0 saturated heterocycles. The van der Waals surface area contributed by atoms with Gasteiger partial charge < -0.3 is 10.0 Å². The molecule has 0 saturated carbocycles. The van der Waals surface area contributed by atoms with Gasteiger partial charge in [0.05, 0.1) is 11.6 Å². The number of benzene rings is 1. The average molecular weight is 372 g/mol. The van der Waals surface area contributed by atoms with Gasteiger partial charge in [-0.1, -0.05) is 78.6 Å². The first-order chi connectivity index (χ1) is 12.6. The lowest BCUT2D eigenvalue weighted by atomic mass is 9.82. The van der Waals surface area contributed by atoms with Crippen molar-refractivity contribution in [3.8, 4) is 0 Å². The summed E-state index contributed by atoms with van der Waals surface area (Å²) < 4.78 is 0. The molecular weight excluding hydrogens is 338 g/mol. The van der Waals surface area contributed by atoms with Gasteiger partial charge in [-0.25, -0.2) is 0 Å². The molecule has 1 amide bonds. The summed E-state index contributed by atoms with van der Waals surface area (Å²) in [5.41, 5.74) is 1.65. The van der Waals surface area contributed by atoms with E-state index in [1.54, 1.807) is 4.90 Å². The molecule has 1 aliphatic rings. The number of Topliss-reactive ketones (excluding diaryl/α,β-unsaturated/α-hetero) is 1. The zero-order valence-electron chi connectivity index (χ0n) is 17.5. The monoisotopic (exact) mass is 371 g/mol. The largest absolute Gasteiger partial charge is 0.503 e. The van der Waals surface area contributed by atoms with Crippen molar-refractivity contribution in [2.45, 2.75) is 72.8 Å². The van der Waals surface area contributed by atoms with Crippen LogP contribution in [0, 0.1) is 5.41 Å². The van der Waals surface area contributed by atoms with Crippen molar-refractivity contribution in [3.63, 3.8) is 0 Å². The molecule has 0 radical (unpaired) electrons. The summed E-state index contributed by atoms with van der Waals surface area (Å²) in [5, 5.41) is 10.6. The van der Waals surface area contributed by atoms with Crippen molar-refractivity contribution in [1.29, 1.82) is 0 Å². The molecule has 1 atom stereocenters. The van der Waals surface area contributed by atoms with Gasteiger partial charge in [0, 0.05) is 12.0 Å². The van der Waals surface area contributed by atoms with E-state index < -0.39 is 17.4 Å². The van der Waals surface area contributed by atoms with Gasteiger partial charge in [0.15, 0.2) is 11.5 Å². The van der Waals surface area contributed by atoms with E-state index in [0.717, 1.165) is 24.8 Å². The van der Waals surface area contributed by atoms with E-state index in [2.05, 4.69) is 20.8 Å². The molecule has 1 unspecified atom stereocenters. The number of carbonyl (C=O) groups excluding carboxylic acids is 2. The quantitative estimate of drug-likeness (QED) is 0.661. The third-order valence-corrected chi connectivity index (χ3v) is 5.15. The zero-order valence-corrected chi connectivity index (χ0v) is 17.5. The molecule has 0 spiro atoms. The van der Waals surface area contributed by atoms with Crippen molar-refractivity contribution in [2.24, 2.45) is 5.41 Å².